The molecule has 0 aliphatic rings. The number of halogens is 1. The topological polar surface area (TPSA) is 0 Å². The molecular formula is C16H38ClN+2. The van der Waals surface area contributed by atoms with Gasteiger partial charge in [-0.25, -0.2) is 0 Å². The van der Waals surface area contributed by atoms with Crippen molar-refractivity contribution < 1.29 is 5.91 Å². The Bertz CT molecular complexity index is 127. The van der Waals surface area contributed by atoms with E-state index in [-0.39, 0.29) is 13.8 Å². The maximum absolute atomic E-state index is 2.33. The zero-order valence-corrected chi connectivity index (χ0v) is 14.2. The summed E-state index contributed by atoms with van der Waals surface area (Å²) in [5.74, 6) is 0. The third kappa shape index (κ3) is 9.22. The van der Waals surface area contributed by atoms with Crippen LogP contribution in [0.3, 0.4) is 0 Å². The molecule has 0 aromatic rings. The lowest BCUT2D eigenvalue weighted by molar-refractivity contribution is -0.929. The highest BCUT2D eigenvalue weighted by molar-refractivity contribution is 5.85. The Morgan fingerprint density at radius 1 is 0.556 bits per heavy atom. The molecule has 0 heterocycles. The summed E-state index contributed by atoms with van der Waals surface area (Å²) in [6.45, 7) is 15.0. The maximum Gasteiger partial charge on any atom is 1.00 e. The summed E-state index contributed by atoms with van der Waals surface area (Å²) in [6.07, 6.45) is 11.1. The highest BCUT2D eigenvalue weighted by Gasteiger charge is 2.24. The minimum atomic E-state index is 0. The van der Waals surface area contributed by atoms with Gasteiger partial charge in [0, 0.05) is 0 Å². The second-order valence-electron chi connectivity index (χ2n) is 5.65. The lowest BCUT2D eigenvalue weighted by Crippen LogP contribution is -2.50. The van der Waals surface area contributed by atoms with Gasteiger partial charge in [0.25, 0.3) is 0 Å². The number of unbranched alkanes of at least 4 members (excludes halogenated alkanes) is 4. The van der Waals surface area contributed by atoms with Crippen LogP contribution in [-0.4, -0.2) is 30.7 Å². The van der Waals surface area contributed by atoms with Crippen LogP contribution in [0.4, 0.5) is 0 Å². The monoisotopic (exact) mass is 279 g/mol. The first-order chi connectivity index (χ1) is 8.24. The molecule has 0 saturated heterocycles. The largest absolute Gasteiger partial charge is 1.00 e. The molecule has 2 heteroatoms. The molecule has 0 radical (unpaired) electrons. The molecule has 0 aliphatic heterocycles. The van der Waals surface area contributed by atoms with Crippen LogP contribution in [0.5, 0.6) is 0 Å². The average Bonchev–Trinajstić information content (AvgIpc) is 2.37. The van der Waals surface area contributed by atoms with Crippen LogP contribution in [0.25, 0.3) is 0 Å². The van der Waals surface area contributed by atoms with Gasteiger partial charge < -0.3 is 4.48 Å². The van der Waals surface area contributed by atoms with E-state index in [4.69, 9.17) is 0 Å². The van der Waals surface area contributed by atoms with Gasteiger partial charge in [0.2, 0.25) is 0 Å². The molecule has 0 N–H and O–H groups in total. The predicted octanol–water partition coefficient (Wildman–Crippen LogP) is 5.54. The normalized spacial score (nSPS) is 11.3. The zero-order chi connectivity index (χ0) is 13.0. The van der Waals surface area contributed by atoms with Crippen LogP contribution in [0.15, 0.2) is 0 Å². The van der Waals surface area contributed by atoms with E-state index < -0.39 is 0 Å². The standard InChI is InChI=1S/C16H36N.ClH/c1-5-9-13-17(14-10-6-2,15-11-7-3)16-12-8-4;/h5-16H2,1-4H3;1H/q+1;/p+1. The minimum Gasteiger partial charge on any atom is -0.324 e. The molecule has 0 atom stereocenters. The van der Waals surface area contributed by atoms with Crippen molar-refractivity contribution in [1.29, 1.82) is 0 Å². The van der Waals surface area contributed by atoms with E-state index in [9.17, 15) is 0 Å². The molecule has 0 amide bonds. The first-order valence-electron chi connectivity index (χ1n) is 8.09. The number of rotatable bonds is 12. The molecule has 0 saturated carbocycles. The van der Waals surface area contributed by atoms with Gasteiger partial charge in [-0.2, -0.15) is 0 Å². The first-order valence-corrected chi connectivity index (χ1v) is 8.09. The quantitative estimate of drug-likeness (QED) is 0.412. The Morgan fingerprint density at radius 2 is 0.778 bits per heavy atom. The van der Waals surface area contributed by atoms with Crippen LogP contribution in [0, 0.1) is 0 Å². The summed E-state index contributed by atoms with van der Waals surface area (Å²) in [4.78, 5) is 0. The number of quaternary nitrogens is 1. The fraction of sp³-hybridized carbons (Fsp3) is 1.00. The van der Waals surface area contributed by atoms with Crippen LogP contribution >= 0.6 is 12.4 Å². The second kappa shape index (κ2) is 13.7. The molecule has 0 aliphatic carbocycles. The van der Waals surface area contributed by atoms with Gasteiger partial charge in [0.1, 0.15) is 0 Å². The number of nitrogens with zero attached hydrogens (tertiary/aromatic N) is 1. The maximum atomic E-state index is 2.33. The molecule has 0 unspecified atom stereocenters. The average molecular weight is 280 g/mol. The Kier molecular flexibility index (Phi) is 15.6. The van der Waals surface area contributed by atoms with Gasteiger partial charge in [-0.15, -0.1) is 12.4 Å². The summed E-state index contributed by atoms with van der Waals surface area (Å²) >= 11 is 0. The molecule has 1 nitrogen and oxygen atoms in total. The van der Waals surface area contributed by atoms with Gasteiger partial charge in [-0.3, -0.25) is 0 Å². The molecule has 0 rings (SSSR count). The van der Waals surface area contributed by atoms with Gasteiger partial charge in [-0.05, 0) is 25.7 Å². The fourth-order valence-electron chi connectivity index (χ4n) is 2.64. The van der Waals surface area contributed by atoms with Crippen LogP contribution in [0.1, 0.15) is 80.5 Å². The van der Waals surface area contributed by atoms with Crippen molar-refractivity contribution in [3.05, 3.63) is 0 Å². The number of hydrogen-bond acceptors (Lipinski definition) is 0. The van der Waals surface area contributed by atoms with Crippen molar-refractivity contribution >= 4 is 12.4 Å². The highest BCUT2D eigenvalue weighted by Crippen LogP contribution is 2.16. The van der Waals surface area contributed by atoms with Gasteiger partial charge in [0.15, 0.2) is 0 Å². The number of hydrogen-bond donors (Lipinski definition) is 0. The van der Waals surface area contributed by atoms with Crippen LogP contribution in [0.2, 0.25) is 0 Å². The van der Waals surface area contributed by atoms with Crippen molar-refractivity contribution in [3.8, 4) is 0 Å². The van der Waals surface area contributed by atoms with Gasteiger partial charge in [-0.1, -0.05) is 53.4 Å². The Morgan fingerprint density at radius 3 is 0.944 bits per heavy atom. The van der Waals surface area contributed by atoms with Crippen molar-refractivity contribution in [2.45, 2.75) is 79.1 Å². The first kappa shape index (κ1) is 20.6. The molecule has 0 fully saturated rings. The Balaban J connectivity index is -0.00000128. The van der Waals surface area contributed by atoms with Gasteiger partial charge in [0.05, 0.1) is 26.2 Å². The summed E-state index contributed by atoms with van der Waals surface area (Å²) in [5, 5.41) is 0. The molecule has 0 aromatic carbocycles. The van der Waals surface area contributed by atoms with Gasteiger partial charge >= 0.3 is 1.43 Å². The molecular weight excluding hydrogens is 242 g/mol. The summed E-state index contributed by atoms with van der Waals surface area (Å²) in [6, 6.07) is 0. The smallest absolute Gasteiger partial charge is 0.324 e. The fourth-order valence-corrected chi connectivity index (χ4v) is 2.64. The SMILES string of the molecule is CCCC[N+](CCCC)(CCCC)CCCC.Cl.[H+]. The van der Waals surface area contributed by atoms with E-state index in [1.165, 1.54) is 82.0 Å². The Labute approximate surface area is 124 Å². The van der Waals surface area contributed by atoms with E-state index in [0.717, 1.165) is 0 Å². The lowest BCUT2D eigenvalue weighted by atomic mass is 10.1. The summed E-state index contributed by atoms with van der Waals surface area (Å²) < 4.78 is 1.42. The molecule has 0 aromatic heterocycles. The van der Waals surface area contributed by atoms with Crippen molar-refractivity contribution in [2.75, 3.05) is 26.2 Å². The highest BCUT2D eigenvalue weighted by atomic mass is 35.5. The van der Waals surface area contributed by atoms with Crippen LogP contribution < -0.4 is 0 Å². The molecule has 18 heavy (non-hydrogen) atoms. The molecule has 0 spiro atoms. The van der Waals surface area contributed by atoms with Crippen LogP contribution in [-0.2, 0) is 0 Å². The van der Waals surface area contributed by atoms with E-state index in [1.807, 2.05) is 0 Å². The predicted molar refractivity (Wildman–Crippen MR) is 87.7 cm³/mol. The van der Waals surface area contributed by atoms with E-state index in [0.29, 0.717) is 0 Å². The van der Waals surface area contributed by atoms with E-state index in [2.05, 4.69) is 27.7 Å². The summed E-state index contributed by atoms with van der Waals surface area (Å²) in [5.41, 5.74) is 0. The second-order valence-corrected chi connectivity index (χ2v) is 5.65. The van der Waals surface area contributed by atoms with E-state index >= 15 is 0 Å². The minimum absolute atomic E-state index is 0. The third-order valence-corrected chi connectivity index (χ3v) is 3.94. The van der Waals surface area contributed by atoms with E-state index in [1.54, 1.807) is 0 Å². The molecule has 0 bridgehead atoms. The van der Waals surface area contributed by atoms with Crippen molar-refractivity contribution in [1.82, 2.24) is 0 Å². The Hall–Kier alpha value is 0.250. The third-order valence-electron chi connectivity index (χ3n) is 3.94. The van der Waals surface area contributed by atoms with Crippen molar-refractivity contribution in [2.24, 2.45) is 0 Å². The van der Waals surface area contributed by atoms with Crippen molar-refractivity contribution in [3.63, 3.8) is 0 Å². The summed E-state index contributed by atoms with van der Waals surface area (Å²) in [7, 11) is 0. The molecule has 112 valence electrons. The lowest BCUT2D eigenvalue weighted by Gasteiger charge is -2.39. The zero-order valence-electron chi connectivity index (χ0n) is 14.3.